The van der Waals surface area contributed by atoms with Gasteiger partial charge in [-0.25, -0.2) is 0 Å². The van der Waals surface area contributed by atoms with Crippen LogP contribution >= 0.6 is 0 Å². The van der Waals surface area contributed by atoms with Gasteiger partial charge in [0.1, 0.15) is 0 Å². The van der Waals surface area contributed by atoms with Gasteiger partial charge >= 0.3 is 0 Å². The van der Waals surface area contributed by atoms with Crippen LogP contribution in [0.3, 0.4) is 0 Å². The number of ketones is 1. The van der Waals surface area contributed by atoms with Gasteiger partial charge < -0.3 is 0 Å². The second-order valence-electron chi connectivity index (χ2n) is 4.53. The first-order valence-corrected chi connectivity index (χ1v) is 6.17. The van der Waals surface area contributed by atoms with Gasteiger partial charge in [-0.05, 0) is 49.1 Å². The summed E-state index contributed by atoms with van der Waals surface area (Å²) in [5, 5.41) is 0. The third-order valence-corrected chi connectivity index (χ3v) is 3.30. The van der Waals surface area contributed by atoms with E-state index in [4.69, 9.17) is 0 Å². The van der Waals surface area contributed by atoms with Crippen LogP contribution in [0.4, 0.5) is 0 Å². The maximum absolute atomic E-state index is 12.2. The zero-order chi connectivity index (χ0) is 13.0. The molecule has 0 bridgehead atoms. The van der Waals surface area contributed by atoms with Crippen LogP contribution in [0.25, 0.3) is 0 Å². The Hall–Kier alpha value is -1.96. The Morgan fingerprint density at radius 3 is 2.56 bits per heavy atom. The topological polar surface area (TPSA) is 30.0 Å². The molecule has 18 heavy (non-hydrogen) atoms. The molecule has 0 spiro atoms. The zero-order valence-corrected chi connectivity index (χ0v) is 10.8. The molecule has 0 fully saturated rings. The molecule has 0 aliphatic carbocycles. The van der Waals surface area contributed by atoms with Gasteiger partial charge in [0.25, 0.3) is 0 Å². The number of aryl methyl sites for hydroxylation is 2. The van der Waals surface area contributed by atoms with Crippen molar-refractivity contribution in [3.8, 4) is 0 Å². The second kappa shape index (κ2) is 5.58. The number of hydrogen-bond acceptors (Lipinski definition) is 2. The number of carbonyl (C=O) groups is 1. The molecule has 0 unspecified atom stereocenters. The van der Waals surface area contributed by atoms with Gasteiger partial charge in [-0.1, -0.05) is 18.2 Å². The summed E-state index contributed by atoms with van der Waals surface area (Å²) in [6.07, 6.45) is 4.85. The van der Waals surface area contributed by atoms with E-state index >= 15 is 0 Å². The zero-order valence-electron chi connectivity index (χ0n) is 10.8. The standard InChI is InChI=1S/C16H17NO/c1-12-4-3-5-15(13(12)2)16(18)7-6-14-8-10-17-11-9-14/h3-5,8-11H,6-7H2,1-2H3. The highest BCUT2D eigenvalue weighted by atomic mass is 16.1. The predicted molar refractivity (Wildman–Crippen MR) is 72.8 cm³/mol. The molecular formula is C16H17NO. The average Bonchev–Trinajstić information content (AvgIpc) is 2.40. The smallest absolute Gasteiger partial charge is 0.163 e. The fourth-order valence-corrected chi connectivity index (χ4v) is 2.00. The van der Waals surface area contributed by atoms with Crippen molar-refractivity contribution in [1.82, 2.24) is 4.98 Å². The Morgan fingerprint density at radius 1 is 1.11 bits per heavy atom. The molecule has 2 heteroatoms. The van der Waals surface area contributed by atoms with Crippen molar-refractivity contribution < 1.29 is 4.79 Å². The van der Waals surface area contributed by atoms with Crippen LogP contribution in [0.15, 0.2) is 42.7 Å². The van der Waals surface area contributed by atoms with E-state index in [2.05, 4.69) is 4.98 Å². The van der Waals surface area contributed by atoms with E-state index in [0.29, 0.717) is 6.42 Å². The molecule has 92 valence electrons. The highest BCUT2D eigenvalue weighted by Crippen LogP contribution is 2.15. The van der Waals surface area contributed by atoms with E-state index in [9.17, 15) is 4.79 Å². The van der Waals surface area contributed by atoms with Crippen molar-refractivity contribution in [3.63, 3.8) is 0 Å². The fraction of sp³-hybridized carbons (Fsp3) is 0.250. The van der Waals surface area contributed by atoms with Crippen LogP contribution in [-0.2, 0) is 6.42 Å². The normalized spacial score (nSPS) is 10.3. The van der Waals surface area contributed by atoms with Crippen molar-refractivity contribution in [2.75, 3.05) is 0 Å². The molecule has 2 rings (SSSR count). The highest BCUT2D eigenvalue weighted by Gasteiger charge is 2.09. The quantitative estimate of drug-likeness (QED) is 0.764. The summed E-state index contributed by atoms with van der Waals surface area (Å²) in [6, 6.07) is 9.81. The maximum Gasteiger partial charge on any atom is 0.163 e. The molecule has 1 aromatic heterocycles. The van der Waals surface area contributed by atoms with Crippen molar-refractivity contribution in [3.05, 3.63) is 65.0 Å². The minimum Gasteiger partial charge on any atom is -0.294 e. The molecule has 0 saturated heterocycles. The lowest BCUT2D eigenvalue weighted by Gasteiger charge is -2.07. The summed E-state index contributed by atoms with van der Waals surface area (Å²) in [4.78, 5) is 16.1. The first-order valence-electron chi connectivity index (χ1n) is 6.17. The average molecular weight is 239 g/mol. The van der Waals surface area contributed by atoms with E-state index in [1.807, 2.05) is 44.2 Å². The number of carbonyl (C=O) groups excluding carboxylic acids is 1. The van der Waals surface area contributed by atoms with Crippen LogP contribution in [0.2, 0.25) is 0 Å². The number of benzene rings is 1. The van der Waals surface area contributed by atoms with Gasteiger partial charge in [-0.15, -0.1) is 0 Å². The van der Waals surface area contributed by atoms with E-state index in [0.717, 1.165) is 23.1 Å². The Balaban J connectivity index is 2.07. The Bertz CT molecular complexity index is 546. The number of Topliss-reactive ketones (excluding diaryl/α,β-unsaturated/α-hetero) is 1. The van der Waals surface area contributed by atoms with Gasteiger partial charge in [-0.2, -0.15) is 0 Å². The van der Waals surface area contributed by atoms with Gasteiger partial charge in [0.15, 0.2) is 5.78 Å². The molecule has 0 amide bonds. The van der Waals surface area contributed by atoms with Gasteiger partial charge in [0.05, 0.1) is 0 Å². The summed E-state index contributed by atoms with van der Waals surface area (Å²) in [5.74, 6) is 0.216. The first kappa shape index (κ1) is 12.5. The second-order valence-corrected chi connectivity index (χ2v) is 4.53. The molecule has 0 N–H and O–H groups in total. The number of aromatic nitrogens is 1. The Morgan fingerprint density at radius 2 is 1.83 bits per heavy atom. The minimum atomic E-state index is 0.216. The van der Waals surface area contributed by atoms with E-state index in [1.165, 1.54) is 5.56 Å². The third kappa shape index (κ3) is 2.83. The van der Waals surface area contributed by atoms with Gasteiger partial charge in [0.2, 0.25) is 0 Å². The van der Waals surface area contributed by atoms with Crippen molar-refractivity contribution in [2.45, 2.75) is 26.7 Å². The Labute approximate surface area is 108 Å². The summed E-state index contributed by atoms with van der Waals surface area (Å²) in [7, 11) is 0. The van der Waals surface area contributed by atoms with E-state index in [1.54, 1.807) is 12.4 Å². The maximum atomic E-state index is 12.2. The number of pyridine rings is 1. The molecule has 0 saturated carbocycles. The number of hydrogen-bond donors (Lipinski definition) is 0. The lowest BCUT2D eigenvalue weighted by molar-refractivity contribution is 0.0982. The summed E-state index contributed by atoms with van der Waals surface area (Å²) in [5.41, 5.74) is 4.27. The lowest BCUT2D eigenvalue weighted by Crippen LogP contribution is -2.04. The molecule has 1 heterocycles. The monoisotopic (exact) mass is 239 g/mol. The fourth-order valence-electron chi connectivity index (χ4n) is 2.00. The van der Waals surface area contributed by atoms with Crippen molar-refractivity contribution in [2.24, 2.45) is 0 Å². The number of rotatable bonds is 4. The molecule has 0 radical (unpaired) electrons. The summed E-state index contributed by atoms with van der Waals surface area (Å²) >= 11 is 0. The van der Waals surface area contributed by atoms with Crippen LogP contribution in [0.1, 0.15) is 33.5 Å². The summed E-state index contributed by atoms with van der Waals surface area (Å²) < 4.78 is 0. The molecule has 2 nitrogen and oxygen atoms in total. The van der Waals surface area contributed by atoms with Crippen LogP contribution < -0.4 is 0 Å². The minimum absolute atomic E-state index is 0.216. The van der Waals surface area contributed by atoms with E-state index in [-0.39, 0.29) is 5.78 Å². The molecular weight excluding hydrogens is 222 g/mol. The lowest BCUT2D eigenvalue weighted by atomic mass is 9.97. The summed E-state index contributed by atoms with van der Waals surface area (Å²) in [6.45, 7) is 4.05. The Kier molecular flexibility index (Phi) is 3.88. The first-order chi connectivity index (χ1) is 8.68. The van der Waals surface area contributed by atoms with Gasteiger partial charge in [0, 0.05) is 24.4 Å². The molecule has 2 aromatic rings. The van der Waals surface area contributed by atoms with Crippen molar-refractivity contribution in [1.29, 1.82) is 0 Å². The molecule has 1 aromatic carbocycles. The highest BCUT2D eigenvalue weighted by molar-refractivity contribution is 5.97. The SMILES string of the molecule is Cc1cccc(C(=O)CCc2ccncc2)c1C. The number of nitrogens with zero attached hydrogens (tertiary/aromatic N) is 1. The van der Waals surface area contributed by atoms with Crippen LogP contribution in [0, 0.1) is 13.8 Å². The molecule has 0 atom stereocenters. The predicted octanol–water partition coefficient (Wildman–Crippen LogP) is 3.51. The largest absolute Gasteiger partial charge is 0.294 e. The van der Waals surface area contributed by atoms with Gasteiger partial charge in [-0.3, -0.25) is 9.78 Å². The van der Waals surface area contributed by atoms with Crippen LogP contribution in [-0.4, -0.2) is 10.8 Å². The van der Waals surface area contributed by atoms with Crippen molar-refractivity contribution >= 4 is 5.78 Å². The molecule has 0 aliphatic heterocycles. The molecule has 0 aliphatic rings. The van der Waals surface area contributed by atoms with Crippen LogP contribution in [0.5, 0.6) is 0 Å². The van der Waals surface area contributed by atoms with E-state index < -0.39 is 0 Å². The third-order valence-electron chi connectivity index (χ3n) is 3.30.